The van der Waals surface area contributed by atoms with E-state index >= 15 is 0 Å². The minimum atomic E-state index is 0.198. The van der Waals surface area contributed by atoms with Crippen molar-refractivity contribution in [3.8, 4) is 5.75 Å². The molecule has 0 aromatic heterocycles. The van der Waals surface area contributed by atoms with E-state index in [4.69, 9.17) is 10.5 Å². The minimum Gasteiger partial charge on any atom is -0.491 e. The molecule has 0 heterocycles. The van der Waals surface area contributed by atoms with Crippen LogP contribution < -0.4 is 10.5 Å². The Bertz CT molecular complexity index is 362. The maximum absolute atomic E-state index is 6.12. The highest BCUT2D eigenvalue weighted by molar-refractivity contribution is 5.39. The third-order valence-electron chi connectivity index (χ3n) is 3.39. The zero-order valence-electron chi connectivity index (χ0n) is 10.2. The number of ether oxygens (including phenoxy) is 1. The van der Waals surface area contributed by atoms with Crippen LogP contribution in [0.1, 0.15) is 50.3 Å². The van der Waals surface area contributed by atoms with Crippen LogP contribution in [0.2, 0.25) is 0 Å². The van der Waals surface area contributed by atoms with E-state index in [1.807, 2.05) is 0 Å². The molecule has 0 saturated heterocycles. The summed E-state index contributed by atoms with van der Waals surface area (Å²) in [6, 6.07) is 6.57. The van der Waals surface area contributed by atoms with E-state index in [0.717, 1.165) is 25.0 Å². The number of nitrogens with two attached hydrogens (primary N) is 1. The number of aryl methyl sites for hydroxylation is 1. The topological polar surface area (TPSA) is 35.2 Å². The quantitative estimate of drug-likeness (QED) is 0.847. The van der Waals surface area contributed by atoms with Crippen molar-refractivity contribution >= 4 is 0 Å². The minimum absolute atomic E-state index is 0.198. The highest BCUT2D eigenvalue weighted by Crippen LogP contribution is 2.31. The van der Waals surface area contributed by atoms with Gasteiger partial charge < -0.3 is 10.5 Å². The molecule has 0 saturated carbocycles. The molecule has 1 aliphatic carbocycles. The smallest absolute Gasteiger partial charge is 0.120 e. The molecule has 0 aliphatic heterocycles. The summed E-state index contributed by atoms with van der Waals surface area (Å²) in [5.41, 5.74) is 8.81. The molecule has 2 heteroatoms. The first kappa shape index (κ1) is 11.5. The summed E-state index contributed by atoms with van der Waals surface area (Å²) >= 11 is 0. The summed E-state index contributed by atoms with van der Waals surface area (Å²) in [6.07, 6.45) is 4.77. The van der Waals surface area contributed by atoms with Crippen LogP contribution >= 0.6 is 0 Å². The van der Waals surface area contributed by atoms with Gasteiger partial charge in [-0.2, -0.15) is 0 Å². The number of hydrogen-bond donors (Lipinski definition) is 1. The first-order chi connectivity index (χ1) is 7.70. The molecule has 16 heavy (non-hydrogen) atoms. The molecule has 1 aliphatic rings. The van der Waals surface area contributed by atoms with E-state index in [1.54, 1.807) is 0 Å². The number of hydrogen-bond acceptors (Lipinski definition) is 2. The average Bonchev–Trinajstić information content (AvgIpc) is 2.30. The van der Waals surface area contributed by atoms with Crippen molar-refractivity contribution in [2.45, 2.75) is 51.7 Å². The molecular weight excluding hydrogens is 198 g/mol. The van der Waals surface area contributed by atoms with Gasteiger partial charge in [-0.1, -0.05) is 13.0 Å². The van der Waals surface area contributed by atoms with Gasteiger partial charge in [0.15, 0.2) is 0 Å². The molecule has 0 radical (unpaired) electrons. The van der Waals surface area contributed by atoms with Crippen molar-refractivity contribution in [3.05, 3.63) is 29.3 Å². The van der Waals surface area contributed by atoms with Crippen molar-refractivity contribution < 1.29 is 4.74 Å². The van der Waals surface area contributed by atoms with Gasteiger partial charge in [-0.3, -0.25) is 0 Å². The van der Waals surface area contributed by atoms with E-state index in [9.17, 15) is 0 Å². The second-order valence-electron chi connectivity index (χ2n) is 4.70. The van der Waals surface area contributed by atoms with E-state index < -0.39 is 0 Å². The molecule has 0 amide bonds. The van der Waals surface area contributed by atoms with Crippen LogP contribution in [0.25, 0.3) is 0 Å². The lowest BCUT2D eigenvalue weighted by Crippen LogP contribution is -2.18. The second kappa shape index (κ2) is 4.88. The molecule has 88 valence electrons. The molecule has 2 nitrogen and oxygen atoms in total. The zero-order valence-corrected chi connectivity index (χ0v) is 10.2. The van der Waals surface area contributed by atoms with Crippen LogP contribution in [0.15, 0.2) is 18.2 Å². The summed E-state index contributed by atoms with van der Waals surface area (Å²) in [6.45, 7) is 4.23. The predicted octanol–water partition coefficient (Wildman–Crippen LogP) is 3.20. The molecule has 1 aromatic carbocycles. The van der Waals surface area contributed by atoms with E-state index in [0.29, 0.717) is 0 Å². The lowest BCUT2D eigenvalue weighted by molar-refractivity contribution is 0.217. The van der Waals surface area contributed by atoms with Crippen LogP contribution in [0.3, 0.4) is 0 Å². The van der Waals surface area contributed by atoms with Gasteiger partial charge in [0.1, 0.15) is 5.75 Å². The standard InChI is InChI=1S/C14H21NO/c1-3-10(2)16-12-8-7-11-5-4-6-14(15)13(11)9-12/h7-10,14H,3-6,15H2,1-2H3/t10?,14-/m0/s1. The third kappa shape index (κ3) is 2.38. The molecule has 1 aromatic rings. The van der Waals surface area contributed by atoms with Crippen LogP contribution in [0.5, 0.6) is 5.75 Å². The van der Waals surface area contributed by atoms with Gasteiger partial charge in [0, 0.05) is 6.04 Å². The molecule has 0 bridgehead atoms. The zero-order chi connectivity index (χ0) is 11.5. The fourth-order valence-corrected chi connectivity index (χ4v) is 2.20. The fourth-order valence-electron chi connectivity index (χ4n) is 2.20. The highest BCUT2D eigenvalue weighted by Gasteiger charge is 2.17. The normalized spacial score (nSPS) is 21.3. The monoisotopic (exact) mass is 219 g/mol. The lowest BCUT2D eigenvalue weighted by atomic mass is 9.88. The summed E-state index contributed by atoms with van der Waals surface area (Å²) in [5, 5.41) is 0. The molecular formula is C14H21NO. The molecule has 2 N–H and O–H groups in total. The Morgan fingerprint density at radius 1 is 1.50 bits per heavy atom. The third-order valence-corrected chi connectivity index (χ3v) is 3.39. The Balaban J connectivity index is 2.20. The Kier molecular flexibility index (Phi) is 3.49. The molecule has 1 unspecified atom stereocenters. The van der Waals surface area contributed by atoms with Crippen molar-refractivity contribution in [1.82, 2.24) is 0 Å². The maximum Gasteiger partial charge on any atom is 0.120 e. The lowest BCUT2D eigenvalue weighted by Gasteiger charge is -2.23. The van der Waals surface area contributed by atoms with Crippen molar-refractivity contribution in [1.29, 1.82) is 0 Å². The van der Waals surface area contributed by atoms with E-state index in [2.05, 4.69) is 32.0 Å². The van der Waals surface area contributed by atoms with Gasteiger partial charge in [0.2, 0.25) is 0 Å². The Morgan fingerprint density at radius 2 is 2.31 bits per heavy atom. The van der Waals surface area contributed by atoms with Crippen molar-refractivity contribution in [2.24, 2.45) is 5.73 Å². The Morgan fingerprint density at radius 3 is 3.06 bits per heavy atom. The average molecular weight is 219 g/mol. The molecule has 2 rings (SSSR count). The summed E-state index contributed by atoms with van der Waals surface area (Å²) in [5.74, 6) is 0.963. The highest BCUT2D eigenvalue weighted by atomic mass is 16.5. The number of benzene rings is 1. The molecule has 0 spiro atoms. The Labute approximate surface area is 97.8 Å². The Hall–Kier alpha value is -1.02. The first-order valence-corrected chi connectivity index (χ1v) is 6.25. The summed E-state index contributed by atoms with van der Waals surface area (Å²) in [4.78, 5) is 0. The van der Waals surface area contributed by atoms with Gasteiger partial charge in [-0.05, 0) is 55.9 Å². The van der Waals surface area contributed by atoms with E-state index in [-0.39, 0.29) is 12.1 Å². The van der Waals surface area contributed by atoms with Crippen LogP contribution in [-0.4, -0.2) is 6.10 Å². The van der Waals surface area contributed by atoms with Gasteiger partial charge >= 0.3 is 0 Å². The second-order valence-corrected chi connectivity index (χ2v) is 4.70. The van der Waals surface area contributed by atoms with Gasteiger partial charge in [0.05, 0.1) is 6.10 Å². The number of fused-ring (bicyclic) bond motifs is 1. The van der Waals surface area contributed by atoms with Crippen molar-refractivity contribution in [3.63, 3.8) is 0 Å². The van der Waals surface area contributed by atoms with Crippen LogP contribution in [0.4, 0.5) is 0 Å². The largest absolute Gasteiger partial charge is 0.491 e. The van der Waals surface area contributed by atoms with Gasteiger partial charge in [-0.15, -0.1) is 0 Å². The summed E-state index contributed by atoms with van der Waals surface area (Å²) < 4.78 is 5.82. The molecule has 0 fully saturated rings. The first-order valence-electron chi connectivity index (χ1n) is 6.25. The van der Waals surface area contributed by atoms with Gasteiger partial charge in [0.25, 0.3) is 0 Å². The van der Waals surface area contributed by atoms with Crippen LogP contribution in [-0.2, 0) is 6.42 Å². The predicted molar refractivity (Wildman–Crippen MR) is 66.7 cm³/mol. The SMILES string of the molecule is CCC(C)Oc1ccc2c(c1)[C@@H](N)CCC2. The maximum atomic E-state index is 6.12. The fraction of sp³-hybridized carbons (Fsp3) is 0.571. The summed E-state index contributed by atoms with van der Waals surface area (Å²) in [7, 11) is 0. The van der Waals surface area contributed by atoms with Crippen LogP contribution in [0, 0.1) is 0 Å². The molecule has 2 atom stereocenters. The van der Waals surface area contributed by atoms with E-state index in [1.165, 1.54) is 17.5 Å². The van der Waals surface area contributed by atoms with Crippen molar-refractivity contribution in [2.75, 3.05) is 0 Å². The number of rotatable bonds is 3. The van der Waals surface area contributed by atoms with Gasteiger partial charge in [-0.25, -0.2) is 0 Å².